The summed E-state index contributed by atoms with van der Waals surface area (Å²) < 4.78 is 31.2. The molecule has 7 nitrogen and oxygen atoms in total. The molecule has 0 aliphatic rings. The average molecular weight is 398 g/mol. The molecule has 3 rings (SSSR count). The van der Waals surface area contributed by atoms with E-state index in [-0.39, 0.29) is 18.0 Å². The molecule has 0 fully saturated rings. The van der Waals surface area contributed by atoms with Crippen LogP contribution in [0.2, 0.25) is 0 Å². The van der Waals surface area contributed by atoms with E-state index in [0.717, 1.165) is 12.1 Å². The number of carbonyl (C=O) groups excluding carboxylic acids is 2. The van der Waals surface area contributed by atoms with Crippen LogP contribution >= 0.6 is 0 Å². The molecule has 0 aliphatic carbocycles. The summed E-state index contributed by atoms with van der Waals surface area (Å²) in [5.41, 5.74) is 1.15. The minimum Gasteiger partial charge on any atom is -0.462 e. The van der Waals surface area contributed by atoms with Crippen molar-refractivity contribution < 1.29 is 23.1 Å². The average Bonchev–Trinajstić information content (AvgIpc) is 2.72. The van der Waals surface area contributed by atoms with E-state index in [4.69, 9.17) is 4.74 Å². The van der Waals surface area contributed by atoms with Crippen LogP contribution < -0.4 is 10.6 Å². The molecule has 29 heavy (non-hydrogen) atoms. The predicted molar refractivity (Wildman–Crippen MR) is 102 cm³/mol. The van der Waals surface area contributed by atoms with Crippen LogP contribution in [0.4, 0.5) is 26.0 Å². The zero-order valence-corrected chi connectivity index (χ0v) is 15.3. The van der Waals surface area contributed by atoms with Crippen molar-refractivity contribution in [3.8, 4) is 0 Å². The number of hydrogen-bond donors (Lipinski definition) is 2. The van der Waals surface area contributed by atoms with Crippen LogP contribution in [-0.4, -0.2) is 28.5 Å². The zero-order valence-electron chi connectivity index (χ0n) is 15.3. The molecule has 0 aliphatic heterocycles. The number of ether oxygens (including phenoxy) is 1. The SMILES string of the molecule is CCOC(=O)c1ccc(Nc2cc(C(=O)Nc3ccc(F)c(F)c3)ncn2)cc1. The first-order valence-electron chi connectivity index (χ1n) is 8.59. The van der Waals surface area contributed by atoms with Crippen LogP contribution in [0, 0.1) is 11.6 Å². The third-order valence-corrected chi connectivity index (χ3v) is 3.75. The highest BCUT2D eigenvalue weighted by Crippen LogP contribution is 2.17. The van der Waals surface area contributed by atoms with Crippen molar-refractivity contribution in [3.63, 3.8) is 0 Å². The third kappa shape index (κ3) is 5.10. The predicted octanol–water partition coefficient (Wildman–Crippen LogP) is 3.93. The standard InChI is InChI=1S/C20H16F2N4O3/c1-2-29-20(28)12-3-5-13(6-4-12)25-18-10-17(23-11-24-18)19(27)26-14-7-8-15(21)16(22)9-14/h3-11H,2H2,1H3,(H,26,27)(H,23,24,25). The molecule has 0 unspecified atom stereocenters. The summed E-state index contributed by atoms with van der Waals surface area (Å²) in [5, 5.41) is 5.42. The normalized spacial score (nSPS) is 10.3. The highest BCUT2D eigenvalue weighted by molar-refractivity contribution is 6.03. The summed E-state index contributed by atoms with van der Waals surface area (Å²) >= 11 is 0. The van der Waals surface area contributed by atoms with E-state index < -0.39 is 23.5 Å². The molecule has 2 aromatic carbocycles. The summed E-state index contributed by atoms with van der Waals surface area (Å²) in [4.78, 5) is 31.9. The van der Waals surface area contributed by atoms with Gasteiger partial charge in [-0.25, -0.2) is 23.5 Å². The van der Waals surface area contributed by atoms with Gasteiger partial charge in [0, 0.05) is 23.5 Å². The first-order chi connectivity index (χ1) is 14.0. The summed E-state index contributed by atoms with van der Waals surface area (Å²) in [6, 6.07) is 10.9. The molecule has 148 valence electrons. The molecule has 1 amide bonds. The molecule has 1 aromatic heterocycles. The van der Waals surface area contributed by atoms with Crippen molar-refractivity contribution in [1.82, 2.24) is 9.97 Å². The first kappa shape index (κ1) is 19.9. The van der Waals surface area contributed by atoms with Crippen molar-refractivity contribution in [2.24, 2.45) is 0 Å². The van der Waals surface area contributed by atoms with Crippen LogP contribution in [0.25, 0.3) is 0 Å². The Bertz CT molecular complexity index is 1040. The Morgan fingerprint density at radius 2 is 1.69 bits per heavy atom. The maximum absolute atomic E-state index is 13.3. The number of aromatic nitrogens is 2. The van der Waals surface area contributed by atoms with Crippen LogP contribution in [0.5, 0.6) is 0 Å². The van der Waals surface area contributed by atoms with E-state index in [1.54, 1.807) is 31.2 Å². The van der Waals surface area contributed by atoms with E-state index in [2.05, 4.69) is 20.6 Å². The number of hydrogen-bond acceptors (Lipinski definition) is 6. The number of amides is 1. The van der Waals surface area contributed by atoms with E-state index >= 15 is 0 Å². The maximum atomic E-state index is 13.3. The Labute approximate surface area is 164 Å². The van der Waals surface area contributed by atoms with Crippen molar-refractivity contribution >= 4 is 29.1 Å². The smallest absolute Gasteiger partial charge is 0.338 e. The van der Waals surface area contributed by atoms with Gasteiger partial charge in [0.2, 0.25) is 0 Å². The lowest BCUT2D eigenvalue weighted by molar-refractivity contribution is 0.0526. The first-order valence-corrected chi connectivity index (χ1v) is 8.59. The van der Waals surface area contributed by atoms with Gasteiger partial charge in [-0.05, 0) is 43.3 Å². The molecule has 1 heterocycles. The molecular formula is C20H16F2N4O3. The van der Waals surface area contributed by atoms with Gasteiger partial charge in [-0.1, -0.05) is 0 Å². The van der Waals surface area contributed by atoms with Crippen molar-refractivity contribution in [1.29, 1.82) is 0 Å². The van der Waals surface area contributed by atoms with Crippen molar-refractivity contribution in [2.75, 3.05) is 17.2 Å². The number of benzene rings is 2. The molecule has 2 N–H and O–H groups in total. The zero-order chi connectivity index (χ0) is 20.8. The van der Waals surface area contributed by atoms with Gasteiger partial charge in [-0.15, -0.1) is 0 Å². The van der Waals surface area contributed by atoms with Crippen LogP contribution in [-0.2, 0) is 4.74 Å². The van der Waals surface area contributed by atoms with Gasteiger partial charge in [-0.2, -0.15) is 0 Å². The minimum atomic E-state index is -1.07. The summed E-state index contributed by atoms with van der Waals surface area (Å²) in [6.07, 6.45) is 1.19. The lowest BCUT2D eigenvalue weighted by Crippen LogP contribution is -2.14. The molecular weight excluding hydrogens is 382 g/mol. The Kier molecular flexibility index (Phi) is 6.08. The molecule has 3 aromatic rings. The fourth-order valence-electron chi connectivity index (χ4n) is 2.37. The topological polar surface area (TPSA) is 93.2 Å². The van der Waals surface area contributed by atoms with Gasteiger partial charge in [0.15, 0.2) is 11.6 Å². The fourth-order valence-corrected chi connectivity index (χ4v) is 2.37. The Balaban J connectivity index is 1.69. The van der Waals surface area contributed by atoms with E-state index in [1.807, 2.05) is 0 Å². The lowest BCUT2D eigenvalue weighted by Gasteiger charge is -2.09. The van der Waals surface area contributed by atoms with Crippen LogP contribution in [0.15, 0.2) is 54.9 Å². The van der Waals surface area contributed by atoms with Gasteiger partial charge in [0.25, 0.3) is 5.91 Å². The van der Waals surface area contributed by atoms with Crippen molar-refractivity contribution in [2.45, 2.75) is 6.92 Å². The van der Waals surface area contributed by atoms with Gasteiger partial charge in [0.05, 0.1) is 12.2 Å². The second kappa shape index (κ2) is 8.87. The van der Waals surface area contributed by atoms with Gasteiger partial charge < -0.3 is 15.4 Å². The van der Waals surface area contributed by atoms with Crippen LogP contribution in [0.1, 0.15) is 27.8 Å². The molecule has 0 bridgehead atoms. The summed E-state index contributed by atoms with van der Waals surface area (Å²) in [5.74, 6) is -2.78. The molecule has 0 radical (unpaired) electrons. The highest BCUT2D eigenvalue weighted by Gasteiger charge is 2.12. The monoisotopic (exact) mass is 398 g/mol. The van der Waals surface area contributed by atoms with Gasteiger partial charge in [0.1, 0.15) is 17.8 Å². The quantitative estimate of drug-likeness (QED) is 0.611. The Morgan fingerprint density at radius 1 is 0.966 bits per heavy atom. The number of halogens is 2. The molecule has 0 saturated carbocycles. The molecule has 0 saturated heterocycles. The van der Waals surface area contributed by atoms with Crippen LogP contribution in [0.3, 0.4) is 0 Å². The number of carbonyl (C=O) groups is 2. The summed E-state index contributed by atoms with van der Waals surface area (Å²) in [6.45, 7) is 2.01. The lowest BCUT2D eigenvalue weighted by atomic mass is 10.2. The number of anilines is 3. The Morgan fingerprint density at radius 3 is 2.38 bits per heavy atom. The molecule has 0 spiro atoms. The van der Waals surface area contributed by atoms with Crippen molar-refractivity contribution in [3.05, 3.63) is 77.8 Å². The third-order valence-electron chi connectivity index (χ3n) is 3.75. The fraction of sp³-hybridized carbons (Fsp3) is 0.100. The minimum absolute atomic E-state index is 0.0235. The van der Waals surface area contributed by atoms with E-state index in [9.17, 15) is 18.4 Å². The number of nitrogens with zero attached hydrogens (tertiary/aromatic N) is 2. The number of esters is 1. The van der Waals surface area contributed by atoms with E-state index in [0.29, 0.717) is 17.1 Å². The maximum Gasteiger partial charge on any atom is 0.338 e. The molecule has 9 heteroatoms. The number of nitrogens with one attached hydrogen (secondary N) is 2. The second-order valence-electron chi connectivity index (χ2n) is 5.79. The van der Waals surface area contributed by atoms with E-state index in [1.165, 1.54) is 18.5 Å². The Hall–Kier alpha value is -3.88. The number of rotatable bonds is 6. The second-order valence-corrected chi connectivity index (χ2v) is 5.79. The van der Waals surface area contributed by atoms with Gasteiger partial charge in [-0.3, -0.25) is 4.79 Å². The molecule has 0 atom stereocenters. The summed E-state index contributed by atoms with van der Waals surface area (Å²) in [7, 11) is 0. The van der Waals surface area contributed by atoms with Gasteiger partial charge >= 0.3 is 5.97 Å². The highest BCUT2D eigenvalue weighted by atomic mass is 19.2. The largest absolute Gasteiger partial charge is 0.462 e.